The van der Waals surface area contributed by atoms with E-state index in [1.54, 1.807) is 28.8 Å². The lowest BCUT2D eigenvalue weighted by atomic mass is 10.0. The van der Waals surface area contributed by atoms with Crippen molar-refractivity contribution in [3.63, 3.8) is 0 Å². The Balaban J connectivity index is 1.77. The number of nitrogens with two attached hydrogens (primary N) is 1. The van der Waals surface area contributed by atoms with Gasteiger partial charge in [-0.05, 0) is 42.0 Å². The maximum Gasteiger partial charge on any atom is 0.221 e. The molecule has 1 heterocycles. The first-order chi connectivity index (χ1) is 11.2. The van der Waals surface area contributed by atoms with E-state index in [0.29, 0.717) is 5.95 Å². The SMILES string of the molecule is CSc1ccc(-c2ccc(C=Nn3cc(C)nc3N)cc2)cc1. The standard InChI is InChI=1S/C18H18N4S/c1-13-12-22(18(19)21-13)20-11-14-3-5-15(6-4-14)16-7-9-17(23-2)10-8-16/h3-12H,1-2H3,(H2,19,21). The summed E-state index contributed by atoms with van der Waals surface area (Å²) in [6, 6.07) is 16.8. The minimum absolute atomic E-state index is 0.393. The zero-order valence-electron chi connectivity index (χ0n) is 13.1. The molecule has 0 atom stereocenters. The Hall–Kier alpha value is -2.53. The number of nitrogens with zero attached hydrogens (tertiary/aromatic N) is 3. The molecule has 0 unspecified atom stereocenters. The van der Waals surface area contributed by atoms with Crippen molar-refractivity contribution in [2.45, 2.75) is 11.8 Å². The van der Waals surface area contributed by atoms with Gasteiger partial charge in [0.2, 0.25) is 5.95 Å². The highest BCUT2D eigenvalue weighted by atomic mass is 32.2. The number of benzene rings is 2. The second-order valence-corrected chi connectivity index (χ2v) is 6.06. The van der Waals surface area contributed by atoms with Crippen molar-refractivity contribution in [1.29, 1.82) is 0 Å². The minimum Gasteiger partial charge on any atom is -0.368 e. The lowest BCUT2D eigenvalue weighted by molar-refractivity contribution is 0.897. The smallest absolute Gasteiger partial charge is 0.221 e. The average molecular weight is 322 g/mol. The third-order valence-electron chi connectivity index (χ3n) is 3.50. The number of rotatable bonds is 4. The van der Waals surface area contributed by atoms with Gasteiger partial charge in [-0.25, -0.2) is 9.66 Å². The van der Waals surface area contributed by atoms with Crippen molar-refractivity contribution in [3.05, 3.63) is 66.0 Å². The van der Waals surface area contributed by atoms with Crippen molar-refractivity contribution in [2.24, 2.45) is 5.10 Å². The van der Waals surface area contributed by atoms with E-state index in [2.05, 4.69) is 52.7 Å². The summed E-state index contributed by atoms with van der Waals surface area (Å²) in [5.41, 5.74) is 10.0. The normalized spacial score (nSPS) is 11.2. The van der Waals surface area contributed by atoms with Crippen LogP contribution in [0, 0.1) is 6.92 Å². The summed E-state index contributed by atoms with van der Waals surface area (Å²) in [4.78, 5) is 5.39. The van der Waals surface area contributed by atoms with E-state index < -0.39 is 0 Å². The molecule has 0 saturated carbocycles. The predicted octanol–water partition coefficient (Wildman–Crippen LogP) is 4.04. The second-order valence-electron chi connectivity index (χ2n) is 5.18. The summed E-state index contributed by atoms with van der Waals surface area (Å²) in [6.45, 7) is 1.89. The fraction of sp³-hybridized carbons (Fsp3) is 0.111. The van der Waals surface area contributed by atoms with Crippen LogP contribution in [0.3, 0.4) is 0 Å². The summed E-state index contributed by atoms with van der Waals surface area (Å²) in [7, 11) is 0. The van der Waals surface area contributed by atoms with E-state index in [9.17, 15) is 0 Å². The number of aryl methyl sites for hydroxylation is 1. The lowest BCUT2D eigenvalue weighted by Crippen LogP contribution is -1.96. The zero-order valence-corrected chi connectivity index (χ0v) is 13.9. The third kappa shape index (κ3) is 3.63. The van der Waals surface area contributed by atoms with Gasteiger partial charge in [0.25, 0.3) is 0 Å². The van der Waals surface area contributed by atoms with Gasteiger partial charge in [-0.3, -0.25) is 0 Å². The van der Waals surface area contributed by atoms with Gasteiger partial charge in [0.1, 0.15) is 0 Å². The van der Waals surface area contributed by atoms with Crippen LogP contribution in [0.15, 0.2) is 64.7 Å². The van der Waals surface area contributed by atoms with Gasteiger partial charge in [-0.2, -0.15) is 5.10 Å². The van der Waals surface area contributed by atoms with Gasteiger partial charge in [0.05, 0.1) is 18.1 Å². The van der Waals surface area contributed by atoms with Gasteiger partial charge in [-0.15, -0.1) is 11.8 Å². The van der Waals surface area contributed by atoms with E-state index >= 15 is 0 Å². The molecule has 2 N–H and O–H groups in total. The van der Waals surface area contributed by atoms with Crippen LogP contribution in [0.1, 0.15) is 11.3 Å². The van der Waals surface area contributed by atoms with Crippen LogP contribution in [-0.2, 0) is 0 Å². The molecule has 0 saturated heterocycles. The zero-order chi connectivity index (χ0) is 16.2. The molecule has 0 amide bonds. The quantitative estimate of drug-likeness (QED) is 0.582. The van der Waals surface area contributed by atoms with Crippen LogP contribution in [0.25, 0.3) is 11.1 Å². The molecule has 0 aliphatic carbocycles. The number of nitrogen functional groups attached to an aromatic ring is 1. The first-order valence-electron chi connectivity index (χ1n) is 7.26. The Kier molecular flexibility index (Phi) is 4.48. The summed E-state index contributed by atoms with van der Waals surface area (Å²) >= 11 is 1.75. The topological polar surface area (TPSA) is 56.2 Å². The van der Waals surface area contributed by atoms with Crippen LogP contribution in [0.2, 0.25) is 0 Å². The Labute approximate surface area is 140 Å². The second kappa shape index (κ2) is 6.71. The van der Waals surface area contributed by atoms with Crippen molar-refractivity contribution >= 4 is 23.9 Å². The summed E-state index contributed by atoms with van der Waals surface area (Å²) in [5, 5.41) is 4.32. The Morgan fingerprint density at radius 1 is 1.04 bits per heavy atom. The summed E-state index contributed by atoms with van der Waals surface area (Å²) in [6.07, 6.45) is 5.66. The maximum atomic E-state index is 5.77. The molecule has 4 nitrogen and oxygen atoms in total. The van der Waals surface area contributed by atoms with E-state index in [-0.39, 0.29) is 0 Å². The summed E-state index contributed by atoms with van der Waals surface area (Å²) in [5.74, 6) is 0.393. The fourth-order valence-corrected chi connectivity index (χ4v) is 2.68. The lowest BCUT2D eigenvalue weighted by Gasteiger charge is -2.03. The van der Waals surface area contributed by atoms with Crippen molar-refractivity contribution in [1.82, 2.24) is 9.66 Å². The molecule has 0 aliphatic heterocycles. The number of hydrogen-bond acceptors (Lipinski definition) is 4. The fourth-order valence-electron chi connectivity index (χ4n) is 2.27. The van der Waals surface area contributed by atoms with Gasteiger partial charge in [0.15, 0.2) is 0 Å². The monoisotopic (exact) mass is 322 g/mol. The first-order valence-corrected chi connectivity index (χ1v) is 8.48. The van der Waals surface area contributed by atoms with Crippen LogP contribution >= 0.6 is 11.8 Å². The highest BCUT2D eigenvalue weighted by Crippen LogP contribution is 2.23. The summed E-state index contributed by atoms with van der Waals surface area (Å²) < 4.78 is 1.57. The van der Waals surface area contributed by atoms with E-state index in [0.717, 1.165) is 11.3 Å². The van der Waals surface area contributed by atoms with Crippen LogP contribution in [0.4, 0.5) is 5.95 Å². The minimum atomic E-state index is 0.393. The highest BCUT2D eigenvalue weighted by Gasteiger charge is 2.00. The largest absolute Gasteiger partial charge is 0.368 e. The molecular formula is C18H18N4S. The molecule has 0 fully saturated rings. The molecule has 0 radical (unpaired) electrons. The van der Waals surface area contributed by atoms with E-state index in [4.69, 9.17) is 5.73 Å². The highest BCUT2D eigenvalue weighted by molar-refractivity contribution is 7.98. The number of imidazole rings is 1. The van der Waals surface area contributed by atoms with Crippen LogP contribution in [0.5, 0.6) is 0 Å². The number of aromatic nitrogens is 2. The number of thioether (sulfide) groups is 1. The predicted molar refractivity (Wildman–Crippen MR) is 98.0 cm³/mol. The van der Waals surface area contributed by atoms with Crippen molar-refractivity contribution < 1.29 is 0 Å². The Morgan fingerprint density at radius 2 is 1.65 bits per heavy atom. The van der Waals surface area contributed by atoms with Crippen molar-refractivity contribution in [3.8, 4) is 11.1 Å². The molecule has 23 heavy (non-hydrogen) atoms. The number of hydrogen-bond donors (Lipinski definition) is 1. The Morgan fingerprint density at radius 3 is 2.17 bits per heavy atom. The Bertz CT molecular complexity index is 817. The third-order valence-corrected chi connectivity index (χ3v) is 4.24. The molecule has 5 heteroatoms. The van der Waals surface area contributed by atoms with Gasteiger partial charge < -0.3 is 5.73 Å². The molecule has 3 aromatic rings. The average Bonchev–Trinajstić information content (AvgIpc) is 2.91. The van der Waals surface area contributed by atoms with Crippen molar-refractivity contribution in [2.75, 3.05) is 12.0 Å². The molecular weight excluding hydrogens is 304 g/mol. The maximum absolute atomic E-state index is 5.77. The molecule has 116 valence electrons. The van der Waals surface area contributed by atoms with Crippen LogP contribution < -0.4 is 5.73 Å². The van der Waals surface area contributed by atoms with Crippen LogP contribution in [-0.4, -0.2) is 22.1 Å². The van der Waals surface area contributed by atoms with Gasteiger partial charge in [-0.1, -0.05) is 36.4 Å². The molecule has 0 bridgehead atoms. The molecule has 1 aromatic heterocycles. The van der Waals surface area contributed by atoms with E-state index in [1.807, 2.05) is 19.1 Å². The van der Waals surface area contributed by atoms with Gasteiger partial charge >= 0.3 is 0 Å². The molecule has 0 aliphatic rings. The number of anilines is 1. The van der Waals surface area contributed by atoms with E-state index in [1.165, 1.54) is 16.0 Å². The molecule has 2 aromatic carbocycles. The molecule has 0 spiro atoms. The van der Waals surface area contributed by atoms with Gasteiger partial charge in [0, 0.05) is 4.90 Å². The molecule has 3 rings (SSSR count). The first kappa shape index (κ1) is 15.4.